The van der Waals surface area contributed by atoms with Gasteiger partial charge in [-0.05, 0) is 30.5 Å². The molecule has 0 bridgehead atoms. The Morgan fingerprint density at radius 1 is 1.19 bits per heavy atom. The topological polar surface area (TPSA) is 48.1 Å². The van der Waals surface area contributed by atoms with Gasteiger partial charge in [0.25, 0.3) is 0 Å². The van der Waals surface area contributed by atoms with Crippen LogP contribution in [0.2, 0.25) is 0 Å². The zero-order valence-electron chi connectivity index (χ0n) is 8.88. The third kappa shape index (κ3) is 2.28. The molecule has 0 aliphatic heterocycles. The van der Waals surface area contributed by atoms with E-state index in [2.05, 4.69) is 4.98 Å². The zero-order chi connectivity index (χ0) is 11.4. The number of rotatable bonds is 3. The first kappa shape index (κ1) is 10.8. The smallest absolute Gasteiger partial charge is 0.242 e. The van der Waals surface area contributed by atoms with E-state index >= 15 is 0 Å². The van der Waals surface area contributed by atoms with Gasteiger partial charge in [-0.1, -0.05) is 12.1 Å². The van der Waals surface area contributed by atoms with Crippen molar-refractivity contribution in [1.82, 2.24) is 4.98 Å². The van der Waals surface area contributed by atoms with Crippen LogP contribution in [0.1, 0.15) is 0 Å². The fourth-order valence-corrected chi connectivity index (χ4v) is 1.82. The molecule has 2 aromatic rings. The summed E-state index contributed by atoms with van der Waals surface area (Å²) in [5.74, 6) is 1.23. The number of para-hydroxylation sites is 1. The maximum absolute atomic E-state index is 5.77. The summed E-state index contributed by atoms with van der Waals surface area (Å²) in [6.45, 7) is 0. The van der Waals surface area contributed by atoms with Gasteiger partial charge in [0.05, 0.1) is 5.69 Å². The number of nitrogens with two attached hydrogens (primary N) is 1. The van der Waals surface area contributed by atoms with Crippen LogP contribution in [-0.4, -0.2) is 11.2 Å². The standard InChI is InChI=1S/C12H12N2OS/c1-16-11-7-3-2-6-10(11)15-12-9(13)5-4-8-14-12/h2-8H,13H2,1H3. The summed E-state index contributed by atoms with van der Waals surface area (Å²) in [7, 11) is 0. The largest absolute Gasteiger partial charge is 0.436 e. The number of nitrogens with zero attached hydrogens (tertiary/aromatic N) is 1. The Hall–Kier alpha value is -1.68. The number of benzene rings is 1. The van der Waals surface area contributed by atoms with Gasteiger partial charge in [-0.2, -0.15) is 0 Å². The minimum absolute atomic E-state index is 0.448. The molecule has 1 heterocycles. The van der Waals surface area contributed by atoms with Gasteiger partial charge in [0.1, 0.15) is 5.75 Å². The zero-order valence-corrected chi connectivity index (χ0v) is 9.70. The summed E-state index contributed by atoms with van der Waals surface area (Å²) in [6.07, 6.45) is 3.66. The Kier molecular flexibility index (Phi) is 3.31. The molecule has 0 unspecified atom stereocenters. The molecule has 0 aliphatic rings. The molecule has 0 fully saturated rings. The molecule has 0 saturated carbocycles. The van der Waals surface area contributed by atoms with Crippen LogP contribution in [0.25, 0.3) is 0 Å². The van der Waals surface area contributed by atoms with Gasteiger partial charge in [0.2, 0.25) is 5.88 Å². The van der Waals surface area contributed by atoms with E-state index in [0.717, 1.165) is 10.6 Å². The first-order valence-electron chi connectivity index (χ1n) is 4.82. The molecule has 0 aliphatic carbocycles. The lowest BCUT2D eigenvalue weighted by molar-refractivity contribution is 0.455. The molecule has 2 N–H and O–H groups in total. The maximum Gasteiger partial charge on any atom is 0.242 e. The van der Waals surface area contributed by atoms with Crippen LogP contribution in [0.3, 0.4) is 0 Å². The van der Waals surface area contributed by atoms with Crippen molar-refractivity contribution in [1.29, 1.82) is 0 Å². The summed E-state index contributed by atoms with van der Waals surface area (Å²) in [6, 6.07) is 11.3. The van der Waals surface area contributed by atoms with Crippen molar-refractivity contribution in [2.75, 3.05) is 12.0 Å². The van der Waals surface area contributed by atoms with Crippen molar-refractivity contribution < 1.29 is 4.74 Å². The predicted molar refractivity (Wildman–Crippen MR) is 66.9 cm³/mol. The van der Waals surface area contributed by atoms with E-state index in [4.69, 9.17) is 10.5 Å². The van der Waals surface area contributed by atoms with Gasteiger partial charge in [-0.3, -0.25) is 0 Å². The fourth-order valence-electron chi connectivity index (χ4n) is 1.30. The highest BCUT2D eigenvalue weighted by atomic mass is 32.2. The van der Waals surface area contributed by atoms with Crippen LogP contribution in [0.4, 0.5) is 5.69 Å². The highest BCUT2D eigenvalue weighted by Crippen LogP contribution is 2.32. The average molecular weight is 232 g/mol. The van der Waals surface area contributed by atoms with Crippen LogP contribution >= 0.6 is 11.8 Å². The van der Waals surface area contributed by atoms with Crippen LogP contribution in [0.15, 0.2) is 47.5 Å². The van der Waals surface area contributed by atoms with E-state index in [1.165, 1.54) is 0 Å². The van der Waals surface area contributed by atoms with Crippen LogP contribution in [-0.2, 0) is 0 Å². The van der Waals surface area contributed by atoms with E-state index in [0.29, 0.717) is 11.6 Å². The molecular formula is C12H12N2OS. The van der Waals surface area contributed by atoms with Gasteiger partial charge in [-0.25, -0.2) is 4.98 Å². The summed E-state index contributed by atoms with van der Waals surface area (Å²) in [5.41, 5.74) is 6.31. The van der Waals surface area contributed by atoms with E-state index in [1.807, 2.05) is 30.5 Å². The Labute approximate surface area is 98.6 Å². The predicted octanol–water partition coefficient (Wildman–Crippen LogP) is 3.18. The number of thioether (sulfide) groups is 1. The molecule has 0 spiro atoms. The number of hydrogen-bond acceptors (Lipinski definition) is 4. The minimum atomic E-state index is 0.448. The van der Waals surface area contributed by atoms with Crippen molar-refractivity contribution in [2.45, 2.75) is 4.90 Å². The Morgan fingerprint density at radius 3 is 2.75 bits per heavy atom. The lowest BCUT2D eigenvalue weighted by atomic mass is 10.3. The van der Waals surface area contributed by atoms with Gasteiger partial charge in [0.15, 0.2) is 0 Å². The monoisotopic (exact) mass is 232 g/mol. The number of ether oxygens (including phenoxy) is 1. The second kappa shape index (κ2) is 4.90. The highest BCUT2D eigenvalue weighted by molar-refractivity contribution is 7.98. The summed E-state index contributed by atoms with van der Waals surface area (Å²) in [4.78, 5) is 5.16. The Balaban J connectivity index is 2.30. The first-order chi connectivity index (χ1) is 7.81. The molecule has 16 heavy (non-hydrogen) atoms. The third-order valence-electron chi connectivity index (χ3n) is 2.08. The molecule has 1 aromatic carbocycles. The molecule has 82 valence electrons. The van der Waals surface area contributed by atoms with Gasteiger partial charge >= 0.3 is 0 Å². The van der Waals surface area contributed by atoms with Crippen LogP contribution in [0.5, 0.6) is 11.6 Å². The average Bonchev–Trinajstić information content (AvgIpc) is 2.33. The molecule has 0 saturated heterocycles. The molecule has 3 nitrogen and oxygen atoms in total. The fraction of sp³-hybridized carbons (Fsp3) is 0.0833. The summed E-state index contributed by atoms with van der Waals surface area (Å²) < 4.78 is 5.67. The molecule has 1 aromatic heterocycles. The van der Waals surface area contributed by atoms with Crippen LogP contribution in [0, 0.1) is 0 Å². The van der Waals surface area contributed by atoms with Crippen molar-refractivity contribution >= 4 is 17.4 Å². The normalized spacial score (nSPS) is 10.1. The van der Waals surface area contributed by atoms with Crippen molar-refractivity contribution in [3.05, 3.63) is 42.6 Å². The van der Waals surface area contributed by atoms with Crippen LogP contribution < -0.4 is 10.5 Å². The molecular weight excluding hydrogens is 220 g/mol. The van der Waals surface area contributed by atoms with Gasteiger partial charge < -0.3 is 10.5 Å². The minimum Gasteiger partial charge on any atom is -0.436 e. The van der Waals surface area contributed by atoms with Crippen molar-refractivity contribution in [3.8, 4) is 11.6 Å². The number of hydrogen-bond donors (Lipinski definition) is 1. The van der Waals surface area contributed by atoms with E-state index in [9.17, 15) is 0 Å². The molecule has 4 heteroatoms. The van der Waals surface area contributed by atoms with E-state index < -0.39 is 0 Å². The second-order valence-corrected chi connectivity index (χ2v) is 4.00. The molecule has 0 atom stereocenters. The van der Waals surface area contributed by atoms with Crippen molar-refractivity contribution in [3.63, 3.8) is 0 Å². The SMILES string of the molecule is CSc1ccccc1Oc1ncccc1N. The Morgan fingerprint density at radius 2 is 2.00 bits per heavy atom. The highest BCUT2D eigenvalue weighted by Gasteiger charge is 2.06. The van der Waals surface area contributed by atoms with Crippen molar-refractivity contribution in [2.24, 2.45) is 0 Å². The quantitative estimate of drug-likeness (QED) is 0.826. The lowest BCUT2D eigenvalue weighted by Crippen LogP contribution is -1.94. The molecule has 0 radical (unpaired) electrons. The lowest BCUT2D eigenvalue weighted by Gasteiger charge is -2.09. The summed E-state index contributed by atoms with van der Waals surface area (Å²) >= 11 is 1.63. The number of nitrogen functional groups attached to an aromatic ring is 1. The van der Waals surface area contributed by atoms with E-state index in [1.54, 1.807) is 30.1 Å². The number of pyridine rings is 1. The number of anilines is 1. The second-order valence-electron chi connectivity index (χ2n) is 3.15. The summed E-state index contributed by atoms with van der Waals surface area (Å²) in [5, 5.41) is 0. The third-order valence-corrected chi connectivity index (χ3v) is 2.85. The molecule has 2 rings (SSSR count). The van der Waals surface area contributed by atoms with Gasteiger partial charge in [0, 0.05) is 11.1 Å². The maximum atomic E-state index is 5.77. The number of aromatic nitrogens is 1. The molecule has 0 amide bonds. The first-order valence-corrected chi connectivity index (χ1v) is 6.05. The van der Waals surface area contributed by atoms with Gasteiger partial charge in [-0.15, -0.1) is 11.8 Å². The van der Waals surface area contributed by atoms with E-state index in [-0.39, 0.29) is 0 Å². The Bertz CT molecular complexity index is 488.